The summed E-state index contributed by atoms with van der Waals surface area (Å²) in [6.07, 6.45) is 0. The summed E-state index contributed by atoms with van der Waals surface area (Å²) in [6.45, 7) is 1.54. The molecule has 1 aliphatic heterocycles. The van der Waals surface area contributed by atoms with Crippen molar-refractivity contribution in [1.29, 1.82) is 0 Å². The molecule has 29 heavy (non-hydrogen) atoms. The van der Waals surface area contributed by atoms with Crippen LogP contribution in [0, 0.1) is 0 Å². The minimum atomic E-state index is -0.598. The molecule has 0 aromatic heterocycles. The number of nitrogens with one attached hydrogen (secondary N) is 3. The lowest BCUT2D eigenvalue weighted by molar-refractivity contribution is -0.141. The van der Waals surface area contributed by atoms with E-state index in [1.807, 2.05) is 0 Å². The highest BCUT2D eigenvalue weighted by molar-refractivity contribution is 8.00. The molecule has 1 heterocycles. The first kappa shape index (κ1) is 22.6. The number of hydrogen-bond acceptors (Lipinski definition) is 7. The van der Waals surface area contributed by atoms with Crippen LogP contribution >= 0.6 is 23.4 Å². The quantitative estimate of drug-likeness (QED) is 0.498. The Labute approximate surface area is 176 Å². The van der Waals surface area contributed by atoms with Crippen LogP contribution in [0.2, 0.25) is 5.02 Å². The molecule has 0 bridgehead atoms. The second-order valence-electron chi connectivity index (χ2n) is 5.69. The fourth-order valence-electron chi connectivity index (χ4n) is 2.22. The van der Waals surface area contributed by atoms with Gasteiger partial charge in [0.05, 0.1) is 35.9 Å². The van der Waals surface area contributed by atoms with Gasteiger partial charge in [0.15, 0.2) is 0 Å². The van der Waals surface area contributed by atoms with Gasteiger partial charge in [0, 0.05) is 10.7 Å². The monoisotopic (exact) mass is 441 g/mol. The molecule has 11 heteroatoms. The number of carbonyl (C=O) groups is 4. The van der Waals surface area contributed by atoms with E-state index in [2.05, 4.69) is 16.0 Å². The van der Waals surface area contributed by atoms with Crippen molar-refractivity contribution in [3.8, 4) is 0 Å². The number of esters is 2. The summed E-state index contributed by atoms with van der Waals surface area (Å²) < 4.78 is 10.0. The topological polar surface area (TPSA) is 123 Å². The number of thioether (sulfide) groups is 1. The van der Waals surface area contributed by atoms with Gasteiger partial charge in [-0.25, -0.2) is 9.59 Å². The van der Waals surface area contributed by atoms with E-state index >= 15 is 0 Å². The van der Waals surface area contributed by atoms with Crippen LogP contribution in [0.1, 0.15) is 6.92 Å². The fraction of sp³-hybridized carbons (Fsp3) is 0.333. The molecule has 1 aromatic carbocycles. The molecule has 156 valence electrons. The largest absolute Gasteiger partial charge is 0.463 e. The zero-order chi connectivity index (χ0) is 21.2. The molecule has 3 amide bonds. The zero-order valence-corrected chi connectivity index (χ0v) is 17.2. The molecule has 0 saturated heterocycles. The standard InChI is InChI=1S/C18H20ClN3O6S/c1-2-27-17(25)13-7-20-18(26)22-14(13)8-28-16(24)10-29-9-15(23)21-12-5-3-11(19)4-6-12/h3-6H,2,7-10H2,1H3,(H,21,23)(H2,20,22,26). The number of hydrogen-bond donors (Lipinski definition) is 3. The average molecular weight is 442 g/mol. The number of benzene rings is 1. The molecule has 0 unspecified atom stereocenters. The first-order chi connectivity index (χ1) is 13.9. The maximum absolute atomic E-state index is 11.9. The van der Waals surface area contributed by atoms with E-state index in [1.54, 1.807) is 31.2 Å². The smallest absolute Gasteiger partial charge is 0.337 e. The average Bonchev–Trinajstić information content (AvgIpc) is 2.68. The van der Waals surface area contributed by atoms with Crippen molar-refractivity contribution in [1.82, 2.24) is 10.6 Å². The van der Waals surface area contributed by atoms with Crippen molar-refractivity contribution >= 4 is 52.9 Å². The molecule has 9 nitrogen and oxygen atoms in total. The highest BCUT2D eigenvalue weighted by atomic mass is 35.5. The normalized spacial score (nSPS) is 13.2. The van der Waals surface area contributed by atoms with Gasteiger partial charge in [0.25, 0.3) is 0 Å². The lowest BCUT2D eigenvalue weighted by Gasteiger charge is -2.21. The Kier molecular flexibility index (Phi) is 8.81. The molecule has 0 saturated carbocycles. The number of carbonyl (C=O) groups excluding carboxylic acids is 4. The van der Waals surface area contributed by atoms with E-state index in [0.29, 0.717) is 10.7 Å². The van der Waals surface area contributed by atoms with E-state index in [4.69, 9.17) is 21.1 Å². The molecular weight excluding hydrogens is 422 g/mol. The Morgan fingerprint density at radius 3 is 2.59 bits per heavy atom. The predicted octanol–water partition coefficient (Wildman–Crippen LogP) is 1.68. The summed E-state index contributed by atoms with van der Waals surface area (Å²) in [4.78, 5) is 47.1. The lowest BCUT2D eigenvalue weighted by atomic mass is 10.2. The van der Waals surface area contributed by atoms with Crippen LogP contribution in [0.4, 0.5) is 10.5 Å². The highest BCUT2D eigenvalue weighted by Crippen LogP contribution is 2.14. The van der Waals surface area contributed by atoms with Crippen LogP contribution in [-0.4, -0.2) is 55.1 Å². The summed E-state index contributed by atoms with van der Waals surface area (Å²) in [5.74, 6) is -1.47. The summed E-state index contributed by atoms with van der Waals surface area (Å²) in [6, 6.07) is 6.14. The summed E-state index contributed by atoms with van der Waals surface area (Å²) >= 11 is 6.85. The van der Waals surface area contributed by atoms with Gasteiger partial charge < -0.3 is 25.4 Å². The van der Waals surface area contributed by atoms with Gasteiger partial charge in [0.2, 0.25) is 5.91 Å². The Hall–Kier alpha value is -2.72. The third-order valence-corrected chi connectivity index (χ3v) is 4.69. The van der Waals surface area contributed by atoms with Gasteiger partial charge in [-0.2, -0.15) is 0 Å². The first-order valence-corrected chi connectivity index (χ1v) is 10.1. The van der Waals surface area contributed by atoms with E-state index in [-0.39, 0.29) is 48.4 Å². The number of halogens is 1. The fourth-order valence-corrected chi connectivity index (χ4v) is 2.96. The zero-order valence-electron chi connectivity index (χ0n) is 15.6. The van der Waals surface area contributed by atoms with Crippen molar-refractivity contribution < 1.29 is 28.7 Å². The first-order valence-electron chi connectivity index (χ1n) is 8.61. The van der Waals surface area contributed by atoms with Crippen LogP contribution in [0.25, 0.3) is 0 Å². The summed E-state index contributed by atoms with van der Waals surface area (Å²) in [5, 5.41) is 8.13. The highest BCUT2D eigenvalue weighted by Gasteiger charge is 2.24. The molecule has 3 N–H and O–H groups in total. The van der Waals surface area contributed by atoms with E-state index in [9.17, 15) is 19.2 Å². The van der Waals surface area contributed by atoms with Gasteiger partial charge in [-0.3, -0.25) is 9.59 Å². The number of rotatable bonds is 9. The van der Waals surface area contributed by atoms with Crippen LogP contribution in [-0.2, 0) is 23.9 Å². The van der Waals surface area contributed by atoms with E-state index in [0.717, 1.165) is 11.8 Å². The Bertz CT molecular complexity index is 812. The molecule has 0 atom stereocenters. The summed E-state index contributed by atoms with van der Waals surface area (Å²) in [7, 11) is 0. The molecular formula is C18H20ClN3O6S. The predicted molar refractivity (Wildman–Crippen MR) is 109 cm³/mol. The Balaban J connectivity index is 1.76. The van der Waals surface area contributed by atoms with E-state index < -0.39 is 18.0 Å². The van der Waals surface area contributed by atoms with Gasteiger partial charge >= 0.3 is 18.0 Å². The van der Waals surface area contributed by atoms with Gasteiger partial charge in [-0.1, -0.05) is 11.6 Å². The minimum Gasteiger partial charge on any atom is -0.463 e. The molecule has 2 rings (SSSR count). The van der Waals surface area contributed by atoms with E-state index in [1.165, 1.54) is 0 Å². The number of anilines is 1. The molecule has 1 aromatic rings. The third-order valence-electron chi connectivity index (χ3n) is 3.53. The van der Waals surface area contributed by atoms with Gasteiger partial charge in [-0.05, 0) is 31.2 Å². The SMILES string of the molecule is CCOC(=O)C1=C(COC(=O)CSCC(=O)Nc2ccc(Cl)cc2)NC(=O)NC1. The van der Waals surface area contributed by atoms with Crippen LogP contribution in [0.5, 0.6) is 0 Å². The maximum atomic E-state index is 11.9. The second-order valence-corrected chi connectivity index (χ2v) is 7.12. The van der Waals surface area contributed by atoms with Crippen molar-refractivity contribution in [2.24, 2.45) is 0 Å². The minimum absolute atomic E-state index is 0.0167. The van der Waals surface area contributed by atoms with Gasteiger partial charge in [-0.15, -0.1) is 11.8 Å². The van der Waals surface area contributed by atoms with Crippen molar-refractivity contribution in [3.05, 3.63) is 40.6 Å². The number of ether oxygens (including phenoxy) is 2. The number of amides is 3. The van der Waals surface area contributed by atoms with Crippen LogP contribution in [0.3, 0.4) is 0 Å². The molecule has 0 aliphatic carbocycles. The molecule has 0 fully saturated rings. The molecule has 0 spiro atoms. The lowest BCUT2D eigenvalue weighted by Crippen LogP contribution is -2.45. The van der Waals surface area contributed by atoms with Crippen molar-refractivity contribution in [3.63, 3.8) is 0 Å². The maximum Gasteiger partial charge on any atom is 0.337 e. The van der Waals surface area contributed by atoms with Crippen LogP contribution in [0.15, 0.2) is 35.5 Å². The molecule has 1 aliphatic rings. The van der Waals surface area contributed by atoms with Crippen molar-refractivity contribution in [2.75, 3.05) is 36.6 Å². The molecule has 0 radical (unpaired) electrons. The van der Waals surface area contributed by atoms with Crippen LogP contribution < -0.4 is 16.0 Å². The Morgan fingerprint density at radius 1 is 1.17 bits per heavy atom. The second kappa shape index (κ2) is 11.3. The van der Waals surface area contributed by atoms with Gasteiger partial charge in [0.1, 0.15) is 6.61 Å². The number of urea groups is 1. The summed E-state index contributed by atoms with van der Waals surface area (Å²) in [5.41, 5.74) is 0.961. The Morgan fingerprint density at radius 2 is 1.90 bits per heavy atom. The third kappa shape index (κ3) is 7.66. The van der Waals surface area contributed by atoms with Crippen molar-refractivity contribution in [2.45, 2.75) is 6.92 Å².